The number of nitrogens with one attached hydrogen (secondary N) is 1. The third-order valence-corrected chi connectivity index (χ3v) is 4.12. The molecule has 3 nitrogen and oxygen atoms in total. The van der Waals surface area contributed by atoms with E-state index in [1.54, 1.807) is 0 Å². The molecule has 1 N–H and O–H groups in total. The first-order chi connectivity index (χ1) is 9.12. The van der Waals surface area contributed by atoms with Gasteiger partial charge >= 0.3 is 0 Å². The highest BCUT2D eigenvalue weighted by Crippen LogP contribution is 2.30. The first-order valence-corrected chi connectivity index (χ1v) is 8.18. The molecule has 0 saturated carbocycles. The van der Waals surface area contributed by atoms with E-state index in [1.165, 1.54) is 10.6 Å². The van der Waals surface area contributed by atoms with Crippen molar-refractivity contribution in [2.24, 2.45) is 5.92 Å². The average molecular weight is 284 g/mol. The van der Waals surface area contributed by atoms with Crippen LogP contribution in [-0.4, -0.2) is 18.6 Å². The van der Waals surface area contributed by atoms with Crippen molar-refractivity contribution in [1.82, 2.24) is 10.3 Å². The van der Waals surface area contributed by atoms with Gasteiger partial charge in [-0.1, -0.05) is 27.2 Å². The van der Waals surface area contributed by atoms with Crippen molar-refractivity contribution >= 4 is 11.3 Å². The van der Waals surface area contributed by atoms with Gasteiger partial charge in [-0.3, -0.25) is 0 Å². The molecule has 0 spiro atoms. The Bertz CT molecular complexity index is 357. The molecule has 0 aliphatic heterocycles. The molecule has 0 bridgehead atoms. The molecule has 0 aliphatic carbocycles. The molecule has 1 aromatic rings. The second-order valence-corrected chi connectivity index (χ2v) is 6.40. The third kappa shape index (κ3) is 5.21. The fraction of sp³-hybridized carbons (Fsp3) is 0.800. The van der Waals surface area contributed by atoms with Gasteiger partial charge in [0.15, 0.2) is 0 Å². The summed E-state index contributed by atoms with van der Waals surface area (Å²) in [7, 11) is 1.99. The average Bonchev–Trinajstić information content (AvgIpc) is 2.72. The molecule has 110 valence electrons. The number of nitrogens with zero attached hydrogens (tertiary/aromatic N) is 1. The molecule has 0 aliphatic rings. The second-order valence-electron chi connectivity index (χ2n) is 5.28. The zero-order valence-electron chi connectivity index (χ0n) is 13.0. The monoisotopic (exact) mass is 284 g/mol. The zero-order valence-corrected chi connectivity index (χ0v) is 13.8. The molecule has 0 saturated heterocycles. The lowest BCUT2D eigenvalue weighted by atomic mass is 10.1. The van der Waals surface area contributed by atoms with Crippen LogP contribution in [0.1, 0.15) is 62.2 Å². The predicted octanol–water partition coefficient (Wildman–Crippen LogP) is 3.94. The van der Waals surface area contributed by atoms with Crippen LogP contribution in [0.15, 0.2) is 0 Å². The SMILES string of the molecule is CCCC(OCC)c1nc(CC(C)C)c(CNC)s1. The summed E-state index contributed by atoms with van der Waals surface area (Å²) in [6, 6.07) is 0. The predicted molar refractivity (Wildman–Crippen MR) is 82.7 cm³/mol. The standard InChI is InChI=1S/C15H28N2OS/c1-6-8-13(18-7-2)15-17-12(9-11(3)4)14(19-15)10-16-5/h11,13,16H,6-10H2,1-5H3. The first kappa shape index (κ1) is 16.6. The minimum Gasteiger partial charge on any atom is -0.371 e. The van der Waals surface area contributed by atoms with Crippen LogP contribution in [0.3, 0.4) is 0 Å². The number of thiazole rings is 1. The van der Waals surface area contributed by atoms with E-state index >= 15 is 0 Å². The van der Waals surface area contributed by atoms with Gasteiger partial charge in [0.05, 0.1) is 5.69 Å². The maximum absolute atomic E-state index is 5.85. The van der Waals surface area contributed by atoms with Gasteiger partial charge in [0.2, 0.25) is 0 Å². The molecule has 0 radical (unpaired) electrons. The molecule has 19 heavy (non-hydrogen) atoms. The minimum atomic E-state index is 0.177. The Hall–Kier alpha value is -0.450. The summed E-state index contributed by atoms with van der Waals surface area (Å²) in [5, 5.41) is 4.40. The van der Waals surface area contributed by atoms with E-state index in [4.69, 9.17) is 9.72 Å². The van der Waals surface area contributed by atoms with Crippen molar-refractivity contribution in [3.63, 3.8) is 0 Å². The fourth-order valence-electron chi connectivity index (χ4n) is 2.13. The maximum atomic E-state index is 5.85. The first-order valence-electron chi connectivity index (χ1n) is 7.36. The number of aromatic nitrogens is 1. The van der Waals surface area contributed by atoms with E-state index < -0.39 is 0 Å². The number of hydrogen-bond acceptors (Lipinski definition) is 4. The zero-order chi connectivity index (χ0) is 14.3. The topological polar surface area (TPSA) is 34.1 Å². The Balaban J connectivity index is 2.92. The summed E-state index contributed by atoms with van der Waals surface area (Å²) in [6.07, 6.45) is 3.42. The van der Waals surface area contributed by atoms with Crippen LogP contribution in [-0.2, 0) is 17.7 Å². The molecule has 1 atom stereocenters. The van der Waals surface area contributed by atoms with Crippen LogP contribution in [0.4, 0.5) is 0 Å². The van der Waals surface area contributed by atoms with Crippen molar-refractivity contribution in [3.05, 3.63) is 15.6 Å². The Morgan fingerprint density at radius 2 is 2.05 bits per heavy atom. The largest absolute Gasteiger partial charge is 0.371 e. The smallest absolute Gasteiger partial charge is 0.122 e. The Kier molecular flexibility index (Phi) is 7.57. The van der Waals surface area contributed by atoms with E-state index in [1.807, 2.05) is 18.4 Å². The van der Waals surface area contributed by atoms with Crippen molar-refractivity contribution in [2.45, 2.75) is 59.6 Å². The summed E-state index contributed by atoms with van der Waals surface area (Å²) in [6.45, 7) is 10.4. The molecule has 4 heteroatoms. The molecule has 1 heterocycles. The van der Waals surface area contributed by atoms with E-state index in [2.05, 4.69) is 33.0 Å². The van der Waals surface area contributed by atoms with E-state index in [0.29, 0.717) is 5.92 Å². The summed E-state index contributed by atoms with van der Waals surface area (Å²) in [5.41, 5.74) is 1.25. The summed E-state index contributed by atoms with van der Waals surface area (Å²) in [5.74, 6) is 0.641. The lowest BCUT2D eigenvalue weighted by molar-refractivity contribution is 0.0554. The number of rotatable bonds is 9. The quantitative estimate of drug-likeness (QED) is 0.746. The molecule has 1 unspecified atom stereocenters. The van der Waals surface area contributed by atoms with Crippen LogP contribution in [0, 0.1) is 5.92 Å². The Morgan fingerprint density at radius 3 is 2.58 bits per heavy atom. The summed E-state index contributed by atoms with van der Waals surface area (Å²) >= 11 is 1.82. The molecule has 0 amide bonds. The van der Waals surface area contributed by atoms with Crippen molar-refractivity contribution in [3.8, 4) is 0 Å². The van der Waals surface area contributed by atoms with Crippen LogP contribution in [0.5, 0.6) is 0 Å². The normalized spacial score (nSPS) is 13.2. The second kappa shape index (κ2) is 8.67. The Morgan fingerprint density at radius 1 is 1.32 bits per heavy atom. The fourth-order valence-corrected chi connectivity index (χ4v) is 3.32. The Labute approximate surface area is 121 Å². The highest BCUT2D eigenvalue weighted by Gasteiger charge is 2.19. The van der Waals surface area contributed by atoms with Crippen LogP contribution in [0.25, 0.3) is 0 Å². The molecular weight excluding hydrogens is 256 g/mol. The van der Waals surface area contributed by atoms with Crippen molar-refractivity contribution in [1.29, 1.82) is 0 Å². The van der Waals surface area contributed by atoms with E-state index in [9.17, 15) is 0 Å². The van der Waals surface area contributed by atoms with Crippen LogP contribution >= 0.6 is 11.3 Å². The van der Waals surface area contributed by atoms with Gasteiger partial charge in [-0.15, -0.1) is 11.3 Å². The lowest BCUT2D eigenvalue weighted by Gasteiger charge is -2.12. The molecule has 1 aromatic heterocycles. The van der Waals surface area contributed by atoms with Gasteiger partial charge in [0.1, 0.15) is 11.1 Å². The molecule has 0 fully saturated rings. The minimum absolute atomic E-state index is 0.177. The van der Waals surface area contributed by atoms with Gasteiger partial charge < -0.3 is 10.1 Å². The van der Waals surface area contributed by atoms with E-state index in [-0.39, 0.29) is 6.10 Å². The number of hydrogen-bond donors (Lipinski definition) is 1. The van der Waals surface area contributed by atoms with Gasteiger partial charge in [0.25, 0.3) is 0 Å². The third-order valence-electron chi connectivity index (χ3n) is 2.93. The van der Waals surface area contributed by atoms with E-state index in [0.717, 1.165) is 37.4 Å². The highest BCUT2D eigenvalue weighted by molar-refractivity contribution is 7.11. The summed E-state index contributed by atoms with van der Waals surface area (Å²) < 4.78 is 5.85. The van der Waals surface area contributed by atoms with Crippen molar-refractivity contribution in [2.75, 3.05) is 13.7 Å². The summed E-state index contributed by atoms with van der Waals surface area (Å²) in [4.78, 5) is 6.23. The van der Waals surface area contributed by atoms with Crippen LogP contribution < -0.4 is 5.32 Å². The maximum Gasteiger partial charge on any atom is 0.122 e. The molecule has 0 aromatic carbocycles. The lowest BCUT2D eigenvalue weighted by Crippen LogP contribution is -2.07. The van der Waals surface area contributed by atoms with Gasteiger partial charge in [-0.05, 0) is 32.7 Å². The van der Waals surface area contributed by atoms with Gasteiger partial charge in [0, 0.05) is 18.0 Å². The van der Waals surface area contributed by atoms with Gasteiger partial charge in [-0.25, -0.2) is 4.98 Å². The highest BCUT2D eigenvalue weighted by atomic mass is 32.1. The number of ether oxygens (including phenoxy) is 1. The molecular formula is C15H28N2OS. The van der Waals surface area contributed by atoms with Crippen molar-refractivity contribution < 1.29 is 4.74 Å². The molecule has 1 rings (SSSR count). The van der Waals surface area contributed by atoms with Crippen LogP contribution in [0.2, 0.25) is 0 Å². The van der Waals surface area contributed by atoms with Gasteiger partial charge in [-0.2, -0.15) is 0 Å².